The van der Waals surface area contributed by atoms with Crippen LogP contribution in [0.4, 0.5) is 0 Å². The minimum Gasteiger partial charge on any atom is -0.316 e. The fourth-order valence-electron chi connectivity index (χ4n) is 2.34. The Morgan fingerprint density at radius 3 is 2.91 bits per heavy atom. The van der Waals surface area contributed by atoms with Gasteiger partial charge in [0.25, 0.3) is 0 Å². The summed E-state index contributed by atoms with van der Waals surface area (Å²) < 4.78 is 0. The minimum atomic E-state index is 0.832. The van der Waals surface area contributed by atoms with E-state index in [1.54, 1.807) is 0 Å². The van der Waals surface area contributed by atoms with Crippen LogP contribution in [0.2, 0.25) is 0 Å². The quantitative estimate of drug-likeness (QED) is 0.538. The molecule has 0 spiro atoms. The molecular weight excluding hydrogens is 136 g/mol. The summed E-state index contributed by atoms with van der Waals surface area (Å²) in [7, 11) is 0. The zero-order valence-electron chi connectivity index (χ0n) is 7.10. The van der Waals surface area contributed by atoms with Crippen molar-refractivity contribution in [2.45, 2.75) is 31.7 Å². The van der Waals surface area contributed by atoms with Gasteiger partial charge in [-0.15, -0.1) is 0 Å². The predicted octanol–water partition coefficient (Wildman–Crippen LogP) is 0.738. The van der Waals surface area contributed by atoms with Crippen molar-refractivity contribution < 1.29 is 0 Å². The van der Waals surface area contributed by atoms with Crippen LogP contribution in [0.15, 0.2) is 0 Å². The molecule has 0 aromatic heterocycles. The molecule has 2 heterocycles. The van der Waals surface area contributed by atoms with E-state index in [0.717, 1.165) is 12.0 Å². The average molecular weight is 154 g/mol. The SMILES string of the molecule is C1CN[C@H]2CCCNC[C@@H]2C1. The number of piperidine rings is 1. The van der Waals surface area contributed by atoms with Gasteiger partial charge in [0.15, 0.2) is 0 Å². The lowest BCUT2D eigenvalue weighted by atomic mass is 9.89. The number of hydrogen-bond donors (Lipinski definition) is 2. The van der Waals surface area contributed by atoms with Crippen molar-refractivity contribution in [3.8, 4) is 0 Å². The number of hydrogen-bond acceptors (Lipinski definition) is 2. The molecule has 0 aliphatic carbocycles. The maximum absolute atomic E-state index is 3.62. The maximum atomic E-state index is 3.62. The molecule has 2 nitrogen and oxygen atoms in total. The van der Waals surface area contributed by atoms with E-state index in [1.807, 2.05) is 0 Å². The highest BCUT2D eigenvalue weighted by Gasteiger charge is 2.25. The lowest BCUT2D eigenvalue weighted by Gasteiger charge is -2.30. The van der Waals surface area contributed by atoms with E-state index in [4.69, 9.17) is 0 Å². The summed E-state index contributed by atoms with van der Waals surface area (Å²) in [4.78, 5) is 0. The van der Waals surface area contributed by atoms with Gasteiger partial charge in [-0.05, 0) is 51.2 Å². The molecular formula is C9H18N2. The Bertz CT molecular complexity index is 111. The van der Waals surface area contributed by atoms with Crippen molar-refractivity contribution in [1.29, 1.82) is 0 Å². The van der Waals surface area contributed by atoms with Crippen molar-refractivity contribution >= 4 is 0 Å². The van der Waals surface area contributed by atoms with Crippen LogP contribution in [0.5, 0.6) is 0 Å². The standard InChI is InChI=1S/C9H18N2/c1-3-8-7-10-5-2-4-9(8)11-6-1/h8-11H,1-7H2/t8-,9-/m0/s1. The van der Waals surface area contributed by atoms with Crippen molar-refractivity contribution in [2.75, 3.05) is 19.6 Å². The van der Waals surface area contributed by atoms with Crippen LogP contribution >= 0.6 is 0 Å². The average Bonchev–Trinajstić information content (AvgIpc) is 2.28. The molecule has 2 heteroatoms. The molecule has 2 saturated heterocycles. The molecule has 2 aliphatic rings. The van der Waals surface area contributed by atoms with Gasteiger partial charge in [-0.3, -0.25) is 0 Å². The minimum absolute atomic E-state index is 0.832. The number of fused-ring (bicyclic) bond motifs is 1. The zero-order chi connectivity index (χ0) is 7.52. The van der Waals surface area contributed by atoms with Crippen LogP contribution < -0.4 is 10.6 Å². The Balaban J connectivity index is 1.93. The summed E-state index contributed by atoms with van der Waals surface area (Å²) in [5.74, 6) is 0.922. The highest BCUT2D eigenvalue weighted by molar-refractivity contribution is 4.84. The molecule has 11 heavy (non-hydrogen) atoms. The fraction of sp³-hybridized carbons (Fsp3) is 1.00. The van der Waals surface area contributed by atoms with Gasteiger partial charge >= 0.3 is 0 Å². The van der Waals surface area contributed by atoms with E-state index in [0.29, 0.717) is 0 Å². The molecule has 0 bridgehead atoms. The van der Waals surface area contributed by atoms with Crippen LogP contribution in [0.1, 0.15) is 25.7 Å². The molecule has 64 valence electrons. The maximum Gasteiger partial charge on any atom is 0.0108 e. The second-order valence-electron chi connectivity index (χ2n) is 3.81. The Kier molecular flexibility index (Phi) is 2.44. The van der Waals surface area contributed by atoms with Crippen LogP contribution in [0.3, 0.4) is 0 Å². The number of nitrogens with one attached hydrogen (secondary N) is 2. The summed E-state index contributed by atoms with van der Waals surface area (Å²) in [6.07, 6.45) is 5.55. The summed E-state index contributed by atoms with van der Waals surface area (Å²) in [5, 5.41) is 7.13. The molecule has 2 fully saturated rings. The Labute approximate surface area is 68.7 Å². The molecule has 0 aromatic rings. The third kappa shape index (κ3) is 1.74. The highest BCUT2D eigenvalue weighted by Crippen LogP contribution is 2.20. The van der Waals surface area contributed by atoms with Crippen LogP contribution in [-0.4, -0.2) is 25.7 Å². The molecule has 0 saturated carbocycles. The summed E-state index contributed by atoms with van der Waals surface area (Å²) in [5.41, 5.74) is 0. The first-order valence-corrected chi connectivity index (χ1v) is 4.91. The first kappa shape index (κ1) is 7.56. The van der Waals surface area contributed by atoms with E-state index >= 15 is 0 Å². The third-order valence-corrected chi connectivity index (χ3v) is 3.00. The molecule has 0 aromatic carbocycles. The Hall–Kier alpha value is -0.0800. The third-order valence-electron chi connectivity index (χ3n) is 3.00. The van der Waals surface area contributed by atoms with E-state index in [2.05, 4.69) is 10.6 Å². The van der Waals surface area contributed by atoms with Gasteiger partial charge in [0.05, 0.1) is 0 Å². The van der Waals surface area contributed by atoms with E-state index in [9.17, 15) is 0 Å². The van der Waals surface area contributed by atoms with E-state index < -0.39 is 0 Å². The van der Waals surface area contributed by atoms with Gasteiger partial charge in [0.2, 0.25) is 0 Å². The van der Waals surface area contributed by atoms with Crippen LogP contribution in [0.25, 0.3) is 0 Å². The van der Waals surface area contributed by atoms with Gasteiger partial charge in [0.1, 0.15) is 0 Å². The van der Waals surface area contributed by atoms with E-state index in [1.165, 1.54) is 45.3 Å². The van der Waals surface area contributed by atoms with Crippen LogP contribution in [-0.2, 0) is 0 Å². The molecule has 2 N–H and O–H groups in total. The van der Waals surface area contributed by atoms with Crippen molar-refractivity contribution in [2.24, 2.45) is 5.92 Å². The second-order valence-corrected chi connectivity index (χ2v) is 3.81. The van der Waals surface area contributed by atoms with Gasteiger partial charge in [0, 0.05) is 6.04 Å². The summed E-state index contributed by atoms with van der Waals surface area (Å²) in [6, 6.07) is 0.832. The molecule has 2 atom stereocenters. The zero-order valence-corrected chi connectivity index (χ0v) is 7.10. The monoisotopic (exact) mass is 154 g/mol. The highest BCUT2D eigenvalue weighted by atomic mass is 15.0. The first-order valence-electron chi connectivity index (χ1n) is 4.91. The molecule has 2 aliphatic heterocycles. The van der Waals surface area contributed by atoms with Gasteiger partial charge < -0.3 is 10.6 Å². The normalized spacial score (nSPS) is 39.3. The Morgan fingerprint density at radius 1 is 1.00 bits per heavy atom. The largest absolute Gasteiger partial charge is 0.316 e. The molecule has 0 radical (unpaired) electrons. The molecule has 0 amide bonds. The summed E-state index contributed by atoms with van der Waals surface area (Å²) in [6.45, 7) is 3.73. The van der Waals surface area contributed by atoms with Gasteiger partial charge in [-0.1, -0.05) is 0 Å². The van der Waals surface area contributed by atoms with Crippen molar-refractivity contribution in [3.63, 3.8) is 0 Å². The van der Waals surface area contributed by atoms with Gasteiger partial charge in [-0.25, -0.2) is 0 Å². The Morgan fingerprint density at radius 2 is 1.91 bits per heavy atom. The second kappa shape index (κ2) is 3.55. The van der Waals surface area contributed by atoms with Gasteiger partial charge in [-0.2, -0.15) is 0 Å². The molecule has 2 rings (SSSR count). The van der Waals surface area contributed by atoms with Crippen molar-refractivity contribution in [3.05, 3.63) is 0 Å². The predicted molar refractivity (Wildman–Crippen MR) is 46.6 cm³/mol. The smallest absolute Gasteiger partial charge is 0.0108 e. The number of rotatable bonds is 0. The summed E-state index contributed by atoms with van der Waals surface area (Å²) >= 11 is 0. The molecule has 0 unspecified atom stereocenters. The topological polar surface area (TPSA) is 24.1 Å². The fourth-order valence-corrected chi connectivity index (χ4v) is 2.34. The van der Waals surface area contributed by atoms with Crippen LogP contribution in [0, 0.1) is 5.92 Å². The van der Waals surface area contributed by atoms with E-state index in [-0.39, 0.29) is 0 Å². The first-order chi connectivity index (χ1) is 5.47. The lowest BCUT2D eigenvalue weighted by Crippen LogP contribution is -2.43. The van der Waals surface area contributed by atoms with Crippen molar-refractivity contribution in [1.82, 2.24) is 10.6 Å². The lowest BCUT2D eigenvalue weighted by molar-refractivity contribution is 0.278.